The van der Waals surface area contributed by atoms with Gasteiger partial charge < -0.3 is 0 Å². The number of hydrogen-bond donors (Lipinski definition) is 1. The van der Waals surface area contributed by atoms with Crippen LogP contribution < -0.4 is 5.56 Å². The molecule has 0 aliphatic carbocycles. The zero-order valence-corrected chi connectivity index (χ0v) is 13.1. The van der Waals surface area contributed by atoms with E-state index >= 15 is 0 Å². The smallest absolute Gasteiger partial charge is 0.287 e. The number of hydrogen-bond acceptors (Lipinski definition) is 3. The number of aromatic nitrogens is 4. The number of aryl methyl sites for hydroxylation is 2. The zero-order chi connectivity index (χ0) is 14.2. The number of aromatic amines is 1. The predicted molar refractivity (Wildman–Crippen MR) is 77.7 cm³/mol. The summed E-state index contributed by atoms with van der Waals surface area (Å²) in [6, 6.07) is 1.79. The molecule has 0 saturated carbocycles. The average Bonchev–Trinajstić information content (AvgIpc) is 2.55. The summed E-state index contributed by atoms with van der Waals surface area (Å²) in [6.07, 6.45) is 0.811. The first-order valence-corrected chi connectivity index (χ1v) is 7.00. The maximum absolute atomic E-state index is 12.2. The lowest BCUT2D eigenvalue weighted by molar-refractivity contribution is 0.625. The molecule has 6 heteroatoms. The summed E-state index contributed by atoms with van der Waals surface area (Å²) in [4.78, 5) is 20.7. The molecule has 0 aliphatic heterocycles. The van der Waals surface area contributed by atoms with Crippen LogP contribution in [0, 0.1) is 19.8 Å². The van der Waals surface area contributed by atoms with Crippen LogP contribution in [0.3, 0.4) is 0 Å². The molecular weight excluding hydrogens is 308 g/mol. The average molecular weight is 325 g/mol. The second-order valence-corrected chi connectivity index (χ2v) is 5.85. The number of rotatable bonds is 3. The molecular formula is C13H17BrN4O. The van der Waals surface area contributed by atoms with Gasteiger partial charge in [-0.2, -0.15) is 0 Å². The van der Waals surface area contributed by atoms with E-state index in [1.807, 2.05) is 13.8 Å². The molecule has 2 aromatic rings. The maximum atomic E-state index is 12.2. The lowest BCUT2D eigenvalue weighted by atomic mass is 10.1. The molecule has 19 heavy (non-hydrogen) atoms. The molecule has 0 unspecified atom stereocenters. The number of halogens is 1. The first kappa shape index (κ1) is 14.0. The molecule has 0 amide bonds. The molecule has 102 valence electrons. The summed E-state index contributed by atoms with van der Waals surface area (Å²) in [5.41, 5.74) is 1.62. The van der Waals surface area contributed by atoms with E-state index in [1.54, 1.807) is 6.07 Å². The Balaban J connectivity index is 2.54. The SMILES string of the molecule is Cc1cc(-n2[nH]c(CC(C)C)c(Br)c2=O)nc(C)n1. The standard InChI is InChI=1S/C13H17BrN4O/c1-7(2)5-10-12(14)13(19)18(17-10)11-6-8(3)15-9(4)16-11/h6-7,17H,5H2,1-4H3. The highest BCUT2D eigenvalue weighted by Crippen LogP contribution is 2.16. The van der Waals surface area contributed by atoms with E-state index in [1.165, 1.54) is 4.68 Å². The van der Waals surface area contributed by atoms with Crippen LogP contribution in [-0.4, -0.2) is 19.7 Å². The molecule has 0 radical (unpaired) electrons. The summed E-state index contributed by atoms with van der Waals surface area (Å²) in [5, 5.41) is 3.12. The number of nitrogens with one attached hydrogen (secondary N) is 1. The Labute approximate surface area is 120 Å². The second-order valence-electron chi connectivity index (χ2n) is 5.06. The minimum atomic E-state index is -0.117. The fraction of sp³-hybridized carbons (Fsp3) is 0.462. The lowest BCUT2D eigenvalue weighted by Gasteiger charge is -2.04. The molecule has 0 bridgehead atoms. The third-order valence-electron chi connectivity index (χ3n) is 2.70. The van der Waals surface area contributed by atoms with Crippen LogP contribution in [0.2, 0.25) is 0 Å². The fourth-order valence-corrected chi connectivity index (χ4v) is 2.41. The van der Waals surface area contributed by atoms with Crippen LogP contribution in [0.4, 0.5) is 0 Å². The zero-order valence-electron chi connectivity index (χ0n) is 11.5. The minimum absolute atomic E-state index is 0.117. The van der Waals surface area contributed by atoms with Gasteiger partial charge in [0.1, 0.15) is 10.3 Å². The topological polar surface area (TPSA) is 63.6 Å². The summed E-state index contributed by atoms with van der Waals surface area (Å²) in [6.45, 7) is 7.92. The Morgan fingerprint density at radius 3 is 2.63 bits per heavy atom. The molecule has 0 fully saturated rings. The van der Waals surface area contributed by atoms with Crippen molar-refractivity contribution < 1.29 is 0 Å². The Morgan fingerprint density at radius 2 is 2.05 bits per heavy atom. The monoisotopic (exact) mass is 324 g/mol. The van der Waals surface area contributed by atoms with Crippen LogP contribution in [-0.2, 0) is 6.42 Å². The van der Waals surface area contributed by atoms with Crippen molar-refractivity contribution in [2.45, 2.75) is 34.1 Å². The van der Waals surface area contributed by atoms with Crippen LogP contribution in [0.5, 0.6) is 0 Å². The highest BCUT2D eigenvalue weighted by atomic mass is 79.9. The van der Waals surface area contributed by atoms with Gasteiger partial charge in [-0.25, -0.2) is 14.6 Å². The molecule has 0 saturated heterocycles. The van der Waals surface area contributed by atoms with Crippen LogP contribution in [0.15, 0.2) is 15.3 Å². The third-order valence-corrected chi connectivity index (χ3v) is 3.51. The first-order chi connectivity index (χ1) is 8.88. The first-order valence-electron chi connectivity index (χ1n) is 6.20. The van der Waals surface area contributed by atoms with E-state index in [9.17, 15) is 4.79 Å². The molecule has 1 N–H and O–H groups in total. The van der Waals surface area contributed by atoms with E-state index in [4.69, 9.17) is 0 Å². The van der Waals surface area contributed by atoms with E-state index in [0.717, 1.165) is 17.8 Å². The van der Waals surface area contributed by atoms with Crippen molar-refractivity contribution >= 4 is 15.9 Å². The fourth-order valence-electron chi connectivity index (χ4n) is 1.98. The van der Waals surface area contributed by atoms with E-state index in [2.05, 4.69) is 44.8 Å². The van der Waals surface area contributed by atoms with Gasteiger partial charge >= 0.3 is 0 Å². The molecule has 0 aliphatic rings. The molecule has 2 rings (SSSR count). The lowest BCUT2D eigenvalue weighted by Crippen LogP contribution is -2.17. The van der Waals surface area contributed by atoms with Crippen LogP contribution >= 0.6 is 15.9 Å². The van der Waals surface area contributed by atoms with Crippen LogP contribution in [0.1, 0.15) is 31.1 Å². The number of H-pyrrole nitrogens is 1. The van der Waals surface area contributed by atoms with Crippen molar-refractivity contribution in [2.75, 3.05) is 0 Å². The van der Waals surface area contributed by atoms with Crippen molar-refractivity contribution in [1.29, 1.82) is 0 Å². The molecule has 0 atom stereocenters. The van der Waals surface area contributed by atoms with Crippen molar-refractivity contribution in [1.82, 2.24) is 19.7 Å². The van der Waals surface area contributed by atoms with Gasteiger partial charge in [-0.1, -0.05) is 13.8 Å². The Hall–Kier alpha value is -1.43. The van der Waals surface area contributed by atoms with Gasteiger partial charge in [-0.3, -0.25) is 9.89 Å². The Kier molecular flexibility index (Phi) is 3.89. The van der Waals surface area contributed by atoms with Crippen molar-refractivity contribution in [3.05, 3.63) is 38.1 Å². The van der Waals surface area contributed by atoms with Crippen molar-refractivity contribution in [3.63, 3.8) is 0 Å². The molecule has 0 spiro atoms. The molecule has 2 heterocycles. The van der Waals surface area contributed by atoms with E-state index < -0.39 is 0 Å². The quantitative estimate of drug-likeness (QED) is 0.943. The molecule has 2 aromatic heterocycles. The van der Waals surface area contributed by atoms with E-state index in [0.29, 0.717) is 22.0 Å². The molecule has 0 aromatic carbocycles. The van der Waals surface area contributed by atoms with Gasteiger partial charge in [-0.05, 0) is 42.1 Å². The second kappa shape index (κ2) is 5.28. The Bertz CT molecular complexity index is 637. The normalized spacial score (nSPS) is 11.3. The van der Waals surface area contributed by atoms with Crippen molar-refractivity contribution in [2.24, 2.45) is 5.92 Å². The van der Waals surface area contributed by atoms with Crippen molar-refractivity contribution in [3.8, 4) is 5.82 Å². The third kappa shape index (κ3) is 2.94. The maximum Gasteiger partial charge on any atom is 0.287 e. The summed E-state index contributed by atoms with van der Waals surface area (Å²) in [5.74, 6) is 1.69. The minimum Gasteiger partial charge on any atom is -0.292 e. The van der Waals surface area contributed by atoms with E-state index in [-0.39, 0.29) is 5.56 Å². The summed E-state index contributed by atoms with van der Waals surface area (Å²) in [7, 11) is 0. The van der Waals surface area contributed by atoms with Gasteiger partial charge in [0.15, 0.2) is 5.82 Å². The predicted octanol–water partition coefficient (Wildman–Crippen LogP) is 2.53. The Morgan fingerprint density at radius 1 is 1.37 bits per heavy atom. The van der Waals surface area contributed by atoms with Crippen LogP contribution in [0.25, 0.3) is 5.82 Å². The molecule has 5 nitrogen and oxygen atoms in total. The summed E-state index contributed by atoms with van der Waals surface area (Å²) < 4.78 is 2.04. The van der Waals surface area contributed by atoms with Gasteiger partial charge in [-0.15, -0.1) is 0 Å². The summed E-state index contributed by atoms with van der Waals surface area (Å²) >= 11 is 3.36. The van der Waals surface area contributed by atoms with Gasteiger partial charge in [0.05, 0.1) is 5.69 Å². The highest BCUT2D eigenvalue weighted by molar-refractivity contribution is 9.10. The number of nitrogens with zero attached hydrogens (tertiary/aromatic N) is 3. The largest absolute Gasteiger partial charge is 0.292 e. The van der Waals surface area contributed by atoms with Gasteiger partial charge in [0, 0.05) is 11.8 Å². The van der Waals surface area contributed by atoms with Gasteiger partial charge in [0.2, 0.25) is 0 Å². The van der Waals surface area contributed by atoms with Gasteiger partial charge in [0.25, 0.3) is 5.56 Å². The highest BCUT2D eigenvalue weighted by Gasteiger charge is 2.15.